The molecule has 0 radical (unpaired) electrons. The van der Waals surface area contributed by atoms with Crippen LogP contribution in [0.3, 0.4) is 0 Å². The Hall–Kier alpha value is -3.34. The lowest BCUT2D eigenvalue weighted by molar-refractivity contribution is 0.0985. The number of carbonyl (C=O) groups excluding carboxylic acids is 1. The van der Waals surface area contributed by atoms with Crippen molar-refractivity contribution in [3.63, 3.8) is 0 Å². The largest absolute Gasteiger partial charge is 0.494 e. The Kier molecular flexibility index (Phi) is 6.65. The molecule has 2 aromatic carbocycles. The number of ether oxygens (including phenoxy) is 1. The number of sulfonamides is 1. The van der Waals surface area contributed by atoms with Crippen molar-refractivity contribution in [3.8, 4) is 5.75 Å². The first kappa shape index (κ1) is 23.8. The van der Waals surface area contributed by atoms with Gasteiger partial charge in [0.2, 0.25) is 10.0 Å². The van der Waals surface area contributed by atoms with E-state index in [1.807, 2.05) is 31.2 Å². The molecule has 0 spiro atoms. The third-order valence-corrected chi connectivity index (χ3v) is 8.40. The third-order valence-electron chi connectivity index (χ3n) is 5.36. The Morgan fingerprint density at radius 3 is 2.32 bits per heavy atom. The molecule has 4 rings (SSSR count). The minimum absolute atomic E-state index is 0.120. The minimum atomic E-state index is -3.59. The van der Waals surface area contributed by atoms with Crippen molar-refractivity contribution in [1.29, 1.82) is 0 Å². The molecule has 176 valence electrons. The number of aromatic nitrogens is 2. The Morgan fingerprint density at radius 1 is 1.03 bits per heavy atom. The van der Waals surface area contributed by atoms with Gasteiger partial charge in [-0.15, -0.1) is 0 Å². The van der Waals surface area contributed by atoms with Crippen LogP contribution in [0.1, 0.15) is 21.5 Å². The quantitative estimate of drug-likeness (QED) is 0.382. The van der Waals surface area contributed by atoms with Crippen molar-refractivity contribution in [2.75, 3.05) is 26.1 Å². The SMILES string of the molecule is COc1ccc(C)c2sc(N(Cc3ccncc3)C(=O)c3ccc(S(=O)(=O)N(C)C)cc3)nc12. The number of carbonyl (C=O) groups is 1. The summed E-state index contributed by atoms with van der Waals surface area (Å²) in [6.45, 7) is 2.27. The minimum Gasteiger partial charge on any atom is -0.494 e. The molecule has 0 bridgehead atoms. The summed E-state index contributed by atoms with van der Waals surface area (Å²) in [7, 11) is 0.930. The molecule has 1 amide bonds. The van der Waals surface area contributed by atoms with E-state index in [0.717, 1.165) is 20.1 Å². The molecule has 0 saturated carbocycles. The van der Waals surface area contributed by atoms with Gasteiger partial charge in [0.25, 0.3) is 5.91 Å². The number of pyridine rings is 1. The van der Waals surface area contributed by atoms with E-state index >= 15 is 0 Å². The van der Waals surface area contributed by atoms with Crippen molar-refractivity contribution in [3.05, 3.63) is 77.6 Å². The highest BCUT2D eigenvalue weighted by molar-refractivity contribution is 7.89. The van der Waals surface area contributed by atoms with Gasteiger partial charge in [-0.05, 0) is 60.5 Å². The number of hydrogen-bond donors (Lipinski definition) is 0. The van der Waals surface area contributed by atoms with Gasteiger partial charge in [0.05, 0.1) is 23.2 Å². The third kappa shape index (κ3) is 4.52. The number of rotatable bonds is 7. The maximum absolute atomic E-state index is 13.6. The molecular weight excluding hydrogens is 472 g/mol. The van der Waals surface area contributed by atoms with Crippen molar-refractivity contribution < 1.29 is 17.9 Å². The van der Waals surface area contributed by atoms with Crippen LogP contribution in [-0.2, 0) is 16.6 Å². The lowest BCUT2D eigenvalue weighted by atomic mass is 10.2. The van der Waals surface area contributed by atoms with Crippen LogP contribution in [0.15, 0.2) is 65.8 Å². The Bertz CT molecular complexity index is 1430. The second-order valence-corrected chi connectivity index (χ2v) is 10.9. The van der Waals surface area contributed by atoms with E-state index in [2.05, 4.69) is 4.98 Å². The fourth-order valence-electron chi connectivity index (χ4n) is 3.41. The number of thiazole rings is 1. The van der Waals surface area contributed by atoms with Crippen LogP contribution in [0, 0.1) is 6.92 Å². The molecule has 0 aliphatic heterocycles. The Morgan fingerprint density at radius 2 is 1.71 bits per heavy atom. The molecule has 0 atom stereocenters. The van der Waals surface area contributed by atoms with Gasteiger partial charge in [-0.2, -0.15) is 0 Å². The van der Waals surface area contributed by atoms with E-state index in [9.17, 15) is 13.2 Å². The number of anilines is 1. The molecule has 34 heavy (non-hydrogen) atoms. The average Bonchev–Trinajstić information content (AvgIpc) is 3.29. The molecular formula is C24H24N4O4S2. The van der Waals surface area contributed by atoms with Crippen LogP contribution in [0.5, 0.6) is 5.75 Å². The fraction of sp³-hybridized carbons (Fsp3) is 0.208. The molecule has 10 heteroatoms. The van der Waals surface area contributed by atoms with Gasteiger partial charge in [-0.3, -0.25) is 14.7 Å². The molecule has 0 N–H and O–H groups in total. The van der Waals surface area contributed by atoms with E-state index in [1.54, 1.807) is 24.4 Å². The van der Waals surface area contributed by atoms with E-state index in [4.69, 9.17) is 9.72 Å². The first-order chi connectivity index (χ1) is 16.2. The topological polar surface area (TPSA) is 92.7 Å². The maximum Gasteiger partial charge on any atom is 0.260 e. The molecule has 2 heterocycles. The number of nitrogens with zero attached hydrogens (tertiary/aromatic N) is 4. The maximum atomic E-state index is 13.6. The molecule has 0 fully saturated rings. The van der Waals surface area contributed by atoms with Gasteiger partial charge >= 0.3 is 0 Å². The van der Waals surface area contributed by atoms with Gasteiger partial charge < -0.3 is 4.74 Å². The zero-order valence-electron chi connectivity index (χ0n) is 19.2. The second-order valence-electron chi connectivity index (χ2n) is 7.82. The fourth-order valence-corrected chi connectivity index (χ4v) is 5.36. The molecule has 0 saturated heterocycles. The molecule has 0 unspecified atom stereocenters. The van der Waals surface area contributed by atoms with E-state index in [0.29, 0.717) is 22.0 Å². The Labute approximate surface area is 202 Å². The average molecular weight is 497 g/mol. The zero-order chi connectivity index (χ0) is 24.5. The number of benzene rings is 2. The number of aryl methyl sites for hydroxylation is 1. The number of fused-ring (bicyclic) bond motifs is 1. The first-order valence-corrected chi connectivity index (χ1v) is 12.7. The van der Waals surface area contributed by atoms with Crippen LogP contribution in [0.4, 0.5) is 5.13 Å². The van der Waals surface area contributed by atoms with Gasteiger partial charge in [0.1, 0.15) is 11.3 Å². The summed E-state index contributed by atoms with van der Waals surface area (Å²) in [6, 6.07) is 13.4. The molecule has 8 nitrogen and oxygen atoms in total. The van der Waals surface area contributed by atoms with Crippen LogP contribution >= 0.6 is 11.3 Å². The summed E-state index contributed by atoms with van der Waals surface area (Å²) in [4.78, 5) is 24.2. The number of amides is 1. The lowest BCUT2D eigenvalue weighted by Gasteiger charge is -2.20. The second kappa shape index (κ2) is 9.49. The normalized spacial score (nSPS) is 11.7. The summed E-state index contributed by atoms with van der Waals surface area (Å²) < 4.78 is 32.4. The van der Waals surface area contributed by atoms with E-state index in [-0.39, 0.29) is 17.3 Å². The van der Waals surface area contributed by atoms with Gasteiger partial charge in [-0.1, -0.05) is 17.4 Å². The van der Waals surface area contributed by atoms with E-state index in [1.165, 1.54) is 49.7 Å². The van der Waals surface area contributed by atoms with Gasteiger partial charge in [0.15, 0.2) is 5.13 Å². The van der Waals surface area contributed by atoms with Crippen LogP contribution in [-0.4, -0.2) is 49.8 Å². The molecule has 0 aliphatic rings. The molecule has 0 aliphatic carbocycles. The highest BCUT2D eigenvalue weighted by Gasteiger charge is 2.24. The van der Waals surface area contributed by atoms with Crippen molar-refractivity contribution in [2.24, 2.45) is 0 Å². The van der Waals surface area contributed by atoms with Crippen molar-refractivity contribution in [1.82, 2.24) is 14.3 Å². The standard InChI is InChI=1S/C24H24N4O4S2/c1-16-5-10-20(32-4)21-22(16)33-24(26-21)28(15-17-11-13-25-14-12-17)23(29)18-6-8-19(9-7-18)34(30,31)27(2)3/h5-14H,15H2,1-4H3. The highest BCUT2D eigenvalue weighted by atomic mass is 32.2. The summed E-state index contributed by atoms with van der Waals surface area (Å²) in [6.07, 6.45) is 3.34. The van der Waals surface area contributed by atoms with Gasteiger partial charge in [-0.25, -0.2) is 17.7 Å². The summed E-state index contributed by atoms with van der Waals surface area (Å²) >= 11 is 1.41. The number of methoxy groups -OCH3 is 1. The smallest absolute Gasteiger partial charge is 0.260 e. The summed E-state index contributed by atoms with van der Waals surface area (Å²) in [5.74, 6) is 0.346. The first-order valence-electron chi connectivity index (χ1n) is 10.4. The van der Waals surface area contributed by atoms with Crippen LogP contribution in [0.2, 0.25) is 0 Å². The number of hydrogen-bond acceptors (Lipinski definition) is 7. The Balaban J connectivity index is 1.77. The van der Waals surface area contributed by atoms with Crippen molar-refractivity contribution in [2.45, 2.75) is 18.4 Å². The zero-order valence-corrected chi connectivity index (χ0v) is 20.9. The highest BCUT2D eigenvalue weighted by Crippen LogP contribution is 2.37. The monoisotopic (exact) mass is 496 g/mol. The van der Waals surface area contributed by atoms with Crippen LogP contribution < -0.4 is 9.64 Å². The summed E-state index contributed by atoms with van der Waals surface area (Å²) in [5, 5.41) is 0.523. The van der Waals surface area contributed by atoms with Gasteiger partial charge in [0, 0.05) is 32.1 Å². The summed E-state index contributed by atoms with van der Waals surface area (Å²) in [5.41, 5.74) is 2.98. The lowest BCUT2D eigenvalue weighted by Crippen LogP contribution is -2.30. The molecule has 4 aromatic rings. The molecule has 2 aromatic heterocycles. The van der Waals surface area contributed by atoms with E-state index < -0.39 is 10.0 Å². The van der Waals surface area contributed by atoms with Crippen molar-refractivity contribution >= 4 is 42.6 Å². The predicted molar refractivity (Wildman–Crippen MR) is 133 cm³/mol. The predicted octanol–water partition coefficient (Wildman–Crippen LogP) is 4.11. The van der Waals surface area contributed by atoms with Crippen LogP contribution in [0.25, 0.3) is 10.2 Å².